The molecular formula is C25H29N11O5. The van der Waals surface area contributed by atoms with Gasteiger partial charge in [-0.15, -0.1) is 0 Å². The zero-order chi connectivity index (χ0) is 29.4. The number of nitrogens with zero attached hydrogens (tertiary/aromatic N) is 2. The second-order valence-corrected chi connectivity index (χ2v) is 8.63. The molecule has 0 saturated carbocycles. The third kappa shape index (κ3) is 7.56. The van der Waals surface area contributed by atoms with Gasteiger partial charge in [-0.25, -0.2) is 0 Å². The fourth-order valence-corrected chi connectivity index (χ4v) is 3.78. The van der Waals surface area contributed by atoms with Crippen LogP contribution in [-0.4, -0.2) is 65.9 Å². The summed E-state index contributed by atoms with van der Waals surface area (Å²) in [7, 11) is 0. The monoisotopic (exact) mass is 563 g/mol. The van der Waals surface area contributed by atoms with E-state index in [1.807, 2.05) is 0 Å². The topological polar surface area (TPSA) is 266 Å². The zero-order valence-corrected chi connectivity index (χ0v) is 21.7. The lowest BCUT2D eigenvalue weighted by Crippen LogP contribution is -2.28. The first kappa shape index (κ1) is 28.1. The van der Waals surface area contributed by atoms with Gasteiger partial charge in [-0.3, -0.25) is 14.4 Å². The van der Waals surface area contributed by atoms with Crippen LogP contribution < -0.4 is 38.9 Å². The van der Waals surface area contributed by atoms with Crippen molar-refractivity contribution < 1.29 is 24.1 Å². The maximum Gasteiger partial charge on any atom is 0.272 e. The maximum absolute atomic E-state index is 12.9. The van der Waals surface area contributed by atoms with Crippen LogP contribution in [0.2, 0.25) is 0 Å². The van der Waals surface area contributed by atoms with Crippen molar-refractivity contribution in [3.05, 3.63) is 65.5 Å². The smallest absolute Gasteiger partial charge is 0.272 e. The minimum Gasteiger partial charge on any atom is -0.391 e. The predicted molar refractivity (Wildman–Crippen MR) is 153 cm³/mol. The number of hydrogen-bond donors (Lipinski definition) is 9. The summed E-state index contributed by atoms with van der Waals surface area (Å²) in [5, 5.41) is 16.4. The third-order valence-electron chi connectivity index (χ3n) is 5.55. The van der Waals surface area contributed by atoms with E-state index in [-0.39, 0.29) is 55.9 Å². The van der Waals surface area contributed by atoms with Crippen molar-refractivity contribution >= 4 is 57.1 Å². The Kier molecular flexibility index (Phi) is 8.73. The third-order valence-corrected chi connectivity index (χ3v) is 5.55. The normalized spacial score (nSPS) is 10.5. The van der Waals surface area contributed by atoms with E-state index in [0.717, 1.165) is 5.39 Å². The summed E-state index contributed by atoms with van der Waals surface area (Å²) in [4.78, 5) is 53.5. The number of aromatic amines is 2. The van der Waals surface area contributed by atoms with Gasteiger partial charge in [-0.05, 0) is 52.8 Å². The van der Waals surface area contributed by atoms with Crippen LogP contribution in [0.3, 0.4) is 0 Å². The lowest BCUT2D eigenvalue weighted by atomic mass is 10.1. The van der Waals surface area contributed by atoms with E-state index in [1.54, 1.807) is 48.5 Å². The van der Waals surface area contributed by atoms with Crippen LogP contribution in [0.4, 0.5) is 5.69 Å². The molecule has 4 aromatic rings. The number of nitrogens with two attached hydrogens (primary N) is 4. The molecule has 0 saturated heterocycles. The molecule has 41 heavy (non-hydrogen) atoms. The molecule has 0 fully saturated rings. The summed E-state index contributed by atoms with van der Waals surface area (Å²) >= 11 is 0. The molecule has 0 aliphatic carbocycles. The molecule has 0 atom stereocenters. The van der Waals surface area contributed by atoms with Gasteiger partial charge >= 0.3 is 0 Å². The number of rotatable bonds is 12. The molecule has 16 nitrogen and oxygen atoms in total. The van der Waals surface area contributed by atoms with Gasteiger partial charge in [0.05, 0.1) is 13.1 Å². The van der Waals surface area contributed by atoms with E-state index in [1.165, 1.54) is 0 Å². The number of aromatic nitrogens is 2. The van der Waals surface area contributed by atoms with Crippen molar-refractivity contribution in [3.8, 4) is 0 Å². The largest absolute Gasteiger partial charge is 0.391 e. The number of carbonyl (C=O) groups is 3. The number of H-pyrrole nitrogens is 2. The molecule has 0 radical (unpaired) electrons. The van der Waals surface area contributed by atoms with Gasteiger partial charge in [0.15, 0.2) is 0 Å². The van der Waals surface area contributed by atoms with Crippen LogP contribution >= 0.6 is 0 Å². The highest BCUT2D eigenvalue weighted by Crippen LogP contribution is 2.22. The molecule has 16 heteroatoms. The first-order valence-corrected chi connectivity index (χ1v) is 12.2. The highest BCUT2D eigenvalue weighted by atomic mass is 16.6. The van der Waals surface area contributed by atoms with Gasteiger partial charge < -0.3 is 58.5 Å². The first-order valence-electron chi connectivity index (χ1n) is 12.2. The summed E-state index contributed by atoms with van der Waals surface area (Å²) in [6.07, 6.45) is 0. The van der Waals surface area contributed by atoms with Crippen LogP contribution in [0.1, 0.15) is 31.3 Å². The van der Waals surface area contributed by atoms with E-state index in [4.69, 9.17) is 32.6 Å². The van der Waals surface area contributed by atoms with Gasteiger partial charge in [-0.1, -0.05) is 6.07 Å². The van der Waals surface area contributed by atoms with E-state index in [2.05, 4.69) is 36.2 Å². The second kappa shape index (κ2) is 12.7. The molecule has 214 valence electrons. The van der Waals surface area contributed by atoms with Crippen molar-refractivity contribution in [2.75, 3.05) is 31.6 Å². The average molecular weight is 564 g/mol. The Labute approximate surface area is 232 Å². The average Bonchev–Trinajstić information content (AvgIpc) is 3.56. The molecule has 3 amide bonds. The number of benzene rings is 2. The van der Waals surface area contributed by atoms with Crippen LogP contribution in [0.15, 0.2) is 58.8 Å². The van der Waals surface area contributed by atoms with Gasteiger partial charge in [-0.2, -0.15) is 0 Å². The second-order valence-electron chi connectivity index (χ2n) is 8.63. The van der Waals surface area contributed by atoms with Gasteiger partial charge in [0.25, 0.3) is 17.7 Å². The predicted octanol–water partition coefficient (Wildman–Crippen LogP) is -0.229. The molecule has 4 rings (SSSR count). The highest BCUT2D eigenvalue weighted by Gasteiger charge is 2.14. The Morgan fingerprint density at radius 3 is 1.98 bits per heavy atom. The van der Waals surface area contributed by atoms with Crippen LogP contribution in [0.5, 0.6) is 0 Å². The van der Waals surface area contributed by atoms with Crippen LogP contribution in [-0.2, 0) is 9.68 Å². The van der Waals surface area contributed by atoms with Crippen molar-refractivity contribution in [2.24, 2.45) is 33.2 Å². The quantitative estimate of drug-likeness (QED) is 0.0476. The van der Waals surface area contributed by atoms with Gasteiger partial charge in [0.1, 0.15) is 24.6 Å². The lowest BCUT2D eigenvalue weighted by Gasteiger charge is -2.04. The number of nitrogens with one attached hydrogen (secondary N) is 5. The number of amides is 3. The number of fused-ring (bicyclic) bond motifs is 2. The number of anilines is 1. The number of guanidine groups is 2. The van der Waals surface area contributed by atoms with Crippen molar-refractivity contribution in [2.45, 2.75) is 0 Å². The van der Waals surface area contributed by atoms with Crippen LogP contribution in [0.25, 0.3) is 21.8 Å². The van der Waals surface area contributed by atoms with Crippen LogP contribution in [0, 0.1) is 0 Å². The Morgan fingerprint density at radius 2 is 1.29 bits per heavy atom. The SMILES string of the molecule is NC(N)=NOCCNC(=O)c1ccc2[nH]c(C(=O)Nc3ccc4cc(C(=O)NCCON=C(N)N)[nH]c4c3)cc2c1. The molecule has 2 aromatic heterocycles. The lowest BCUT2D eigenvalue weighted by molar-refractivity contribution is 0.0911. The number of carbonyl (C=O) groups excluding carboxylic acids is 3. The molecular weight excluding hydrogens is 534 g/mol. The summed E-state index contributed by atoms with van der Waals surface area (Å²) in [6.45, 7) is 0.583. The number of hydrogen-bond acceptors (Lipinski definition) is 7. The van der Waals surface area contributed by atoms with Gasteiger partial charge in [0.2, 0.25) is 11.9 Å². The first-order chi connectivity index (χ1) is 19.7. The Morgan fingerprint density at radius 1 is 0.683 bits per heavy atom. The Bertz CT molecular complexity index is 1630. The summed E-state index contributed by atoms with van der Waals surface area (Å²) in [6, 6.07) is 13.6. The molecule has 0 aliphatic rings. The molecule has 0 aliphatic heterocycles. The standard InChI is InChI=1S/C25H29N11O5/c26-24(27)35-40-7-5-30-21(37)14-2-4-17-15(9-14)11-20(33-17)23(39)32-16-3-1-13-10-19(34-18(13)12-16)22(38)31-6-8-41-36-25(28)29/h1-4,9-12,33-34H,5-8H2,(H,30,37)(H,31,38)(H,32,39)(H4,26,27,35)(H4,28,29,36). The van der Waals surface area contributed by atoms with Crippen molar-refractivity contribution in [1.82, 2.24) is 20.6 Å². The molecule has 2 heterocycles. The Balaban J connectivity index is 1.36. The Hall–Kier alpha value is -5.93. The molecule has 13 N–H and O–H groups in total. The van der Waals surface area contributed by atoms with E-state index in [0.29, 0.717) is 39.1 Å². The minimum atomic E-state index is -0.381. The molecule has 0 unspecified atom stereocenters. The van der Waals surface area contributed by atoms with Gasteiger partial charge in [0, 0.05) is 33.1 Å². The van der Waals surface area contributed by atoms with E-state index < -0.39 is 0 Å². The van der Waals surface area contributed by atoms with Crippen molar-refractivity contribution in [3.63, 3.8) is 0 Å². The fraction of sp³-hybridized carbons (Fsp3) is 0.160. The van der Waals surface area contributed by atoms with E-state index in [9.17, 15) is 14.4 Å². The zero-order valence-electron chi connectivity index (χ0n) is 21.7. The van der Waals surface area contributed by atoms with Crippen molar-refractivity contribution in [1.29, 1.82) is 0 Å². The molecule has 0 bridgehead atoms. The fourth-order valence-electron chi connectivity index (χ4n) is 3.78. The summed E-state index contributed by atoms with van der Waals surface area (Å²) in [5.74, 6) is -1.46. The summed E-state index contributed by atoms with van der Waals surface area (Å²) < 4.78 is 0. The minimum absolute atomic E-state index is 0.0968. The maximum atomic E-state index is 12.9. The molecule has 2 aromatic carbocycles. The molecule has 0 spiro atoms. The highest BCUT2D eigenvalue weighted by molar-refractivity contribution is 6.08. The number of oxime groups is 2. The van der Waals surface area contributed by atoms with E-state index >= 15 is 0 Å². The summed E-state index contributed by atoms with van der Waals surface area (Å²) in [5.41, 5.74) is 23.5.